The summed E-state index contributed by atoms with van der Waals surface area (Å²) in [6.45, 7) is 6.21. The molecule has 1 aliphatic carbocycles. The van der Waals surface area contributed by atoms with Gasteiger partial charge in [-0.1, -0.05) is 74.5 Å². The molecule has 260 valence electrons. The van der Waals surface area contributed by atoms with Crippen molar-refractivity contribution in [1.29, 1.82) is 0 Å². The molecule has 0 aromatic heterocycles. The molecule has 0 amide bonds. The lowest BCUT2D eigenvalue weighted by Crippen LogP contribution is -2.44. The van der Waals surface area contributed by atoms with Crippen molar-refractivity contribution in [3.63, 3.8) is 0 Å². The maximum absolute atomic E-state index is 13.2. The number of hydrogen-bond acceptors (Lipinski definition) is 8. The van der Waals surface area contributed by atoms with Crippen LogP contribution in [0.5, 0.6) is 23.0 Å². The van der Waals surface area contributed by atoms with Crippen molar-refractivity contribution in [3.8, 4) is 23.0 Å². The standard InChI is InChI=1S/C40H42N2O6S2/c1-3-25-41(27-29-15-19-33(20-16-29)45-31-11-7-5-8-12-31)39(49)47-37(43)35-23-24-36(35)38(44)48-40(50)42(26-4-2)28-30-17-21-34(22-18-30)46-32-13-9-6-10-14-32/h5-22,35-36H,3-4,23-28H2,1-2H3. The number of nitrogens with zero attached hydrogens (tertiary/aromatic N) is 2. The molecule has 5 rings (SSSR count). The summed E-state index contributed by atoms with van der Waals surface area (Å²) in [5.74, 6) is 0.636. The second-order valence-corrected chi connectivity index (χ2v) is 12.8. The number of benzene rings is 4. The average molecular weight is 711 g/mol. The Kier molecular flexibility index (Phi) is 13.3. The molecule has 1 fully saturated rings. The van der Waals surface area contributed by atoms with Crippen molar-refractivity contribution in [2.45, 2.75) is 52.6 Å². The van der Waals surface area contributed by atoms with Crippen LogP contribution in [0.3, 0.4) is 0 Å². The first kappa shape index (κ1) is 36.5. The maximum atomic E-state index is 13.2. The number of thiocarbonyl (C=S) groups is 2. The number of hydrogen-bond donors (Lipinski definition) is 0. The summed E-state index contributed by atoms with van der Waals surface area (Å²) >= 11 is 11.1. The predicted molar refractivity (Wildman–Crippen MR) is 201 cm³/mol. The van der Waals surface area contributed by atoms with Crippen LogP contribution >= 0.6 is 24.4 Å². The average Bonchev–Trinajstić information content (AvgIpc) is 3.10. The number of para-hydroxylation sites is 2. The molecule has 8 nitrogen and oxygen atoms in total. The van der Waals surface area contributed by atoms with Gasteiger partial charge in [0.25, 0.3) is 10.3 Å². The fourth-order valence-electron chi connectivity index (χ4n) is 5.54. The van der Waals surface area contributed by atoms with Crippen LogP contribution in [0.1, 0.15) is 50.7 Å². The SMILES string of the molecule is CCCN(Cc1ccc(Oc2ccccc2)cc1)C(=S)OC(=O)C1CCC1C(=O)OC(=S)N(CCC)Cc1ccc(Oc2ccccc2)cc1. The van der Waals surface area contributed by atoms with Crippen molar-refractivity contribution >= 4 is 46.7 Å². The Morgan fingerprint density at radius 1 is 0.560 bits per heavy atom. The van der Waals surface area contributed by atoms with Gasteiger partial charge in [-0.3, -0.25) is 9.59 Å². The molecule has 0 saturated heterocycles. The summed E-state index contributed by atoms with van der Waals surface area (Å²) in [6.07, 6.45) is 2.65. The Morgan fingerprint density at radius 3 is 1.22 bits per heavy atom. The molecule has 0 spiro atoms. The summed E-state index contributed by atoms with van der Waals surface area (Å²) in [7, 11) is 0. The first-order valence-electron chi connectivity index (χ1n) is 17.0. The van der Waals surface area contributed by atoms with E-state index in [0.29, 0.717) is 39.0 Å². The van der Waals surface area contributed by atoms with Gasteiger partial charge in [-0.05, 0) is 110 Å². The van der Waals surface area contributed by atoms with E-state index in [1.165, 1.54) is 0 Å². The van der Waals surface area contributed by atoms with Gasteiger partial charge in [-0.2, -0.15) is 0 Å². The quantitative estimate of drug-likeness (QED) is 0.0935. The van der Waals surface area contributed by atoms with E-state index in [1.807, 2.05) is 133 Å². The third kappa shape index (κ3) is 10.4. The Labute approximate surface area is 304 Å². The zero-order valence-corrected chi connectivity index (χ0v) is 30.0. The van der Waals surface area contributed by atoms with Crippen LogP contribution in [0.25, 0.3) is 0 Å². The number of carbonyl (C=O) groups is 2. The van der Waals surface area contributed by atoms with Gasteiger partial charge in [-0.15, -0.1) is 0 Å². The van der Waals surface area contributed by atoms with Crippen molar-refractivity contribution < 1.29 is 28.5 Å². The molecule has 0 N–H and O–H groups in total. The molecule has 50 heavy (non-hydrogen) atoms. The topological polar surface area (TPSA) is 77.5 Å². The molecule has 1 aliphatic rings. The monoisotopic (exact) mass is 710 g/mol. The van der Waals surface area contributed by atoms with Crippen LogP contribution in [0, 0.1) is 11.8 Å². The van der Waals surface area contributed by atoms with Gasteiger partial charge in [-0.25, -0.2) is 0 Å². The van der Waals surface area contributed by atoms with E-state index in [0.717, 1.165) is 47.0 Å². The van der Waals surface area contributed by atoms with E-state index >= 15 is 0 Å². The molecule has 0 bridgehead atoms. The van der Waals surface area contributed by atoms with E-state index in [-0.39, 0.29) is 10.3 Å². The highest BCUT2D eigenvalue weighted by Gasteiger charge is 2.44. The van der Waals surface area contributed by atoms with Gasteiger partial charge in [0.2, 0.25) is 0 Å². The van der Waals surface area contributed by atoms with Crippen molar-refractivity contribution in [3.05, 3.63) is 120 Å². The first-order valence-corrected chi connectivity index (χ1v) is 17.8. The van der Waals surface area contributed by atoms with E-state index in [4.69, 9.17) is 43.4 Å². The molecular weight excluding hydrogens is 669 g/mol. The second kappa shape index (κ2) is 18.3. The summed E-state index contributed by atoms with van der Waals surface area (Å²) < 4.78 is 23.1. The molecule has 4 aromatic carbocycles. The molecule has 0 aliphatic heterocycles. The maximum Gasteiger partial charge on any atom is 0.317 e. The summed E-state index contributed by atoms with van der Waals surface area (Å²) in [4.78, 5) is 30.1. The Bertz CT molecular complexity index is 1590. The molecule has 0 heterocycles. The van der Waals surface area contributed by atoms with E-state index < -0.39 is 23.8 Å². The fourth-order valence-corrected chi connectivity index (χ4v) is 6.02. The molecule has 4 aromatic rings. The number of rotatable bonds is 14. The van der Waals surface area contributed by atoms with Crippen LogP contribution in [-0.4, -0.2) is 45.2 Å². The lowest BCUT2D eigenvalue weighted by molar-refractivity contribution is -0.158. The van der Waals surface area contributed by atoms with Gasteiger partial charge < -0.3 is 28.7 Å². The number of carbonyl (C=O) groups excluding carboxylic acids is 2. The largest absolute Gasteiger partial charge is 0.457 e. The molecule has 2 unspecified atom stereocenters. The minimum atomic E-state index is -0.641. The second-order valence-electron chi connectivity index (χ2n) is 12.1. The van der Waals surface area contributed by atoms with Crippen molar-refractivity contribution in [2.24, 2.45) is 11.8 Å². The lowest BCUT2D eigenvalue weighted by atomic mass is 9.74. The van der Waals surface area contributed by atoms with Crippen molar-refractivity contribution in [1.82, 2.24) is 9.80 Å². The summed E-state index contributed by atoms with van der Waals surface area (Å²) in [6, 6.07) is 34.6. The smallest absolute Gasteiger partial charge is 0.317 e. The van der Waals surface area contributed by atoms with Crippen LogP contribution in [-0.2, 0) is 32.2 Å². The molecule has 10 heteroatoms. The third-order valence-electron chi connectivity index (χ3n) is 8.31. The van der Waals surface area contributed by atoms with E-state index in [9.17, 15) is 9.59 Å². The van der Waals surface area contributed by atoms with Gasteiger partial charge in [0.15, 0.2) is 0 Å². The number of esters is 2. The van der Waals surface area contributed by atoms with Crippen LogP contribution in [0.15, 0.2) is 109 Å². The Hall–Kier alpha value is -4.80. The Balaban J connectivity index is 1.11. The van der Waals surface area contributed by atoms with E-state index in [2.05, 4.69) is 0 Å². The van der Waals surface area contributed by atoms with Gasteiger partial charge >= 0.3 is 11.9 Å². The van der Waals surface area contributed by atoms with Crippen LogP contribution in [0.4, 0.5) is 0 Å². The predicted octanol–water partition coefficient (Wildman–Crippen LogP) is 9.08. The van der Waals surface area contributed by atoms with Gasteiger partial charge in [0.05, 0.1) is 11.8 Å². The van der Waals surface area contributed by atoms with Crippen molar-refractivity contribution in [2.75, 3.05) is 13.1 Å². The summed E-state index contributed by atoms with van der Waals surface area (Å²) in [5.41, 5.74) is 1.98. The molecule has 2 atom stereocenters. The molecule has 1 saturated carbocycles. The molecular formula is C40H42N2O6S2. The van der Waals surface area contributed by atoms with Crippen LogP contribution in [0.2, 0.25) is 0 Å². The zero-order chi connectivity index (χ0) is 35.3. The highest BCUT2D eigenvalue weighted by Crippen LogP contribution is 2.37. The number of ether oxygens (including phenoxy) is 4. The highest BCUT2D eigenvalue weighted by atomic mass is 32.1. The van der Waals surface area contributed by atoms with Gasteiger partial charge in [0, 0.05) is 26.2 Å². The van der Waals surface area contributed by atoms with Gasteiger partial charge in [0.1, 0.15) is 23.0 Å². The zero-order valence-electron chi connectivity index (χ0n) is 28.4. The highest BCUT2D eigenvalue weighted by molar-refractivity contribution is 7.80. The minimum Gasteiger partial charge on any atom is -0.457 e. The summed E-state index contributed by atoms with van der Waals surface area (Å²) in [5, 5.41) is 0.176. The fraction of sp³-hybridized carbons (Fsp3) is 0.300. The van der Waals surface area contributed by atoms with E-state index in [1.54, 1.807) is 0 Å². The molecule has 0 radical (unpaired) electrons. The first-order chi connectivity index (χ1) is 24.3. The minimum absolute atomic E-state index is 0.0882. The van der Waals surface area contributed by atoms with Crippen LogP contribution < -0.4 is 9.47 Å². The Morgan fingerprint density at radius 2 is 0.900 bits per heavy atom. The lowest BCUT2D eigenvalue weighted by Gasteiger charge is -2.34. The third-order valence-corrected chi connectivity index (χ3v) is 8.99. The normalized spacial score (nSPS) is 14.8.